The third kappa shape index (κ3) is 1.87. The van der Waals surface area contributed by atoms with E-state index in [9.17, 15) is 17.6 Å². The van der Waals surface area contributed by atoms with Gasteiger partial charge in [0.05, 0.1) is 5.56 Å². The Kier molecular flexibility index (Phi) is 2.80. The lowest BCUT2D eigenvalue weighted by molar-refractivity contribution is -0.0585. The van der Waals surface area contributed by atoms with E-state index in [1.165, 1.54) is 6.92 Å². The Morgan fingerprint density at radius 3 is 2.29 bits per heavy atom. The van der Waals surface area contributed by atoms with Crippen LogP contribution >= 0.6 is 0 Å². The molecule has 1 aromatic carbocycles. The van der Waals surface area contributed by atoms with E-state index in [0.29, 0.717) is 12.1 Å². The Labute approximate surface area is 78.0 Å². The standard InChI is InChI=1S/C9H8F4O/c1-5-2-8(11)6(3-7(5)10)9(12,13)4-14/h2-3,14H,4H2,1H3. The largest absolute Gasteiger partial charge is 0.390 e. The van der Waals surface area contributed by atoms with Crippen molar-refractivity contribution < 1.29 is 22.7 Å². The maximum Gasteiger partial charge on any atom is 0.298 e. The smallest absolute Gasteiger partial charge is 0.298 e. The van der Waals surface area contributed by atoms with Crippen molar-refractivity contribution in [3.63, 3.8) is 0 Å². The number of aliphatic hydroxyl groups excluding tert-OH is 1. The van der Waals surface area contributed by atoms with Crippen LogP contribution in [0.1, 0.15) is 11.1 Å². The van der Waals surface area contributed by atoms with Crippen LogP contribution in [0.3, 0.4) is 0 Å². The lowest BCUT2D eigenvalue weighted by atomic mass is 10.1. The molecule has 0 spiro atoms. The summed E-state index contributed by atoms with van der Waals surface area (Å²) in [5, 5.41) is 8.29. The molecule has 0 aromatic heterocycles. The van der Waals surface area contributed by atoms with Gasteiger partial charge in [0, 0.05) is 0 Å². The molecule has 0 radical (unpaired) electrons. The maximum absolute atomic E-state index is 13.0. The first-order valence-electron chi connectivity index (χ1n) is 3.83. The highest BCUT2D eigenvalue weighted by atomic mass is 19.3. The van der Waals surface area contributed by atoms with Gasteiger partial charge in [-0.25, -0.2) is 8.78 Å². The first-order valence-corrected chi connectivity index (χ1v) is 3.83. The van der Waals surface area contributed by atoms with Gasteiger partial charge in [-0.2, -0.15) is 8.78 Å². The van der Waals surface area contributed by atoms with E-state index in [4.69, 9.17) is 5.11 Å². The summed E-state index contributed by atoms with van der Waals surface area (Å²) in [5.74, 6) is -5.89. The van der Waals surface area contributed by atoms with Crippen LogP contribution in [0.25, 0.3) is 0 Å². The predicted octanol–water partition coefficient (Wildman–Crippen LogP) is 2.36. The maximum atomic E-state index is 13.0. The minimum atomic E-state index is -3.75. The summed E-state index contributed by atoms with van der Waals surface area (Å²) < 4.78 is 51.4. The molecule has 0 saturated carbocycles. The summed E-state index contributed by atoms with van der Waals surface area (Å²) >= 11 is 0. The van der Waals surface area contributed by atoms with Gasteiger partial charge in [0.2, 0.25) is 0 Å². The molecule has 78 valence electrons. The molecular weight excluding hydrogens is 200 g/mol. The van der Waals surface area contributed by atoms with E-state index in [-0.39, 0.29) is 5.56 Å². The topological polar surface area (TPSA) is 20.2 Å². The fraction of sp³-hybridized carbons (Fsp3) is 0.333. The van der Waals surface area contributed by atoms with E-state index in [2.05, 4.69) is 0 Å². The number of benzene rings is 1. The third-order valence-electron chi connectivity index (χ3n) is 1.84. The summed E-state index contributed by atoms with van der Waals surface area (Å²) in [5.41, 5.74) is -1.18. The lowest BCUT2D eigenvalue weighted by Crippen LogP contribution is -2.20. The van der Waals surface area contributed by atoms with E-state index in [0.717, 1.165) is 0 Å². The van der Waals surface area contributed by atoms with Gasteiger partial charge < -0.3 is 5.11 Å². The molecule has 0 atom stereocenters. The zero-order valence-corrected chi connectivity index (χ0v) is 7.32. The second-order valence-corrected chi connectivity index (χ2v) is 2.94. The van der Waals surface area contributed by atoms with Gasteiger partial charge in [-0.05, 0) is 24.6 Å². The minimum absolute atomic E-state index is 0.0556. The quantitative estimate of drug-likeness (QED) is 0.739. The molecule has 1 aromatic rings. The summed E-state index contributed by atoms with van der Waals surface area (Å²) in [4.78, 5) is 0. The van der Waals surface area contributed by atoms with Crippen LogP contribution in [0.4, 0.5) is 17.6 Å². The Morgan fingerprint density at radius 2 is 1.79 bits per heavy atom. The van der Waals surface area contributed by atoms with Crippen molar-refractivity contribution in [2.75, 3.05) is 6.61 Å². The molecule has 0 aliphatic rings. The van der Waals surface area contributed by atoms with E-state index in [1.54, 1.807) is 0 Å². The summed E-state index contributed by atoms with van der Waals surface area (Å²) in [6.45, 7) is -0.286. The van der Waals surface area contributed by atoms with Gasteiger partial charge in [0.15, 0.2) is 0 Å². The van der Waals surface area contributed by atoms with Crippen molar-refractivity contribution in [2.24, 2.45) is 0 Å². The van der Waals surface area contributed by atoms with E-state index in [1.807, 2.05) is 0 Å². The molecule has 0 heterocycles. The second kappa shape index (κ2) is 3.57. The van der Waals surface area contributed by atoms with Crippen molar-refractivity contribution in [3.05, 3.63) is 34.9 Å². The number of hydrogen-bond donors (Lipinski definition) is 1. The monoisotopic (exact) mass is 208 g/mol. The highest BCUT2D eigenvalue weighted by Gasteiger charge is 2.34. The molecule has 5 heteroatoms. The summed E-state index contributed by atoms with van der Waals surface area (Å²) in [6, 6.07) is 1.08. The first-order chi connectivity index (χ1) is 6.38. The minimum Gasteiger partial charge on any atom is -0.390 e. The van der Waals surface area contributed by atoms with Crippen LogP contribution in [0.2, 0.25) is 0 Å². The SMILES string of the molecule is Cc1cc(F)c(C(F)(F)CO)cc1F. The second-order valence-electron chi connectivity index (χ2n) is 2.94. The molecule has 1 rings (SSSR count). The number of aliphatic hydroxyl groups is 1. The summed E-state index contributed by atoms with van der Waals surface area (Å²) in [7, 11) is 0. The van der Waals surface area contributed by atoms with Gasteiger partial charge in [-0.3, -0.25) is 0 Å². The molecule has 0 bridgehead atoms. The predicted molar refractivity (Wildman–Crippen MR) is 42.1 cm³/mol. The molecule has 14 heavy (non-hydrogen) atoms. The van der Waals surface area contributed by atoms with Crippen LogP contribution in [0.15, 0.2) is 12.1 Å². The Hall–Kier alpha value is -1.10. The van der Waals surface area contributed by atoms with E-state index < -0.39 is 29.7 Å². The molecule has 0 aliphatic carbocycles. The van der Waals surface area contributed by atoms with Crippen molar-refractivity contribution in [1.82, 2.24) is 0 Å². The molecule has 0 unspecified atom stereocenters. The van der Waals surface area contributed by atoms with Crippen molar-refractivity contribution in [1.29, 1.82) is 0 Å². The van der Waals surface area contributed by atoms with Crippen LogP contribution in [0.5, 0.6) is 0 Å². The number of halogens is 4. The normalized spacial score (nSPS) is 11.9. The Morgan fingerprint density at radius 1 is 1.21 bits per heavy atom. The molecule has 0 amide bonds. The highest BCUT2D eigenvalue weighted by Crippen LogP contribution is 2.30. The van der Waals surface area contributed by atoms with E-state index >= 15 is 0 Å². The van der Waals surface area contributed by atoms with Crippen LogP contribution in [-0.4, -0.2) is 11.7 Å². The molecule has 0 aliphatic heterocycles. The number of alkyl halides is 2. The zero-order chi connectivity index (χ0) is 10.9. The van der Waals surface area contributed by atoms with Gasteiger partial charge in [0.1, 0.15) is 18.2 Å². The number of aryl methyl sites for hydroxylation is 1. The fourth-order valence-electron chi connectivity index (χ4n) is 1.01. The third-order valence-corrected chi connectivity index (χ3v) is 1.84. The number of hydrogen-bond acceptors (Lipinski definition) is 1. The lowest BCUT2D eigenvalue weighted by Gasteiger charge is -2.14. The van der Waals surface area contributed by atoms with Crippen molar-refractivity contribution in [3.8, 4) is 0 Å². The summed E-state index contributed by atoms with van der Waals surface area (Å²) in [6.07, 6.45) is 0. The van der Waals surface area contributed by atoms with Crippen molar-refractivity contribution >= 4 is 0 Å². The van der Waals surface area contributed by atoms with Crippen LogP contribution < -0.4 is 0 Å². The average Bonchev–Trinajstić information content (AvgIpc) is 2.11. The highest BCUT2D eigenvalue weighted by molar-refractivity contribution is 5.28. The molecule has 0 saturated heterocycles. The van der Waals surface area contributed by atoms with Gasteiger partial charge >= 0.3 is 0 Å². The molecule has 1 N–H and O–H groups in total. The first kappa shape index (κ1) is 11.0. The molecular formula is C9H8F4O. The average molecular weight is 208 g/mol. The van der Waals surface area contributed by atoms with Crippen LogP contribution in [-0.2, 0) is 5.92 Å². The van der Waals surface area contributed by atoms with Gasteiger partial charge in [0.25, 0.3) is 5.92 Å². The fourth-order valence-corrected chi connectivity index (χ4v) is 1.01. The number of rotatable bonds is 2. The molecule has 0 fully saturated rings. The van der Waals surface area contributed by atoms with Crippen molar-refractivity contribution in [2.45, 2.75) is 12.8 Å². The van der Waals surface area contributed by atoms with Crippen LogP contribution in [0, 0.1) is 18.6 Å². The Bertz CT molecular complexity index is 349. The van der Waals surface area contributed by atoms with Gasteiger partial charge in [-0.1, -0.05) is 0 Å². The van der Waals surface area contributed by atoms with Gasteiger partial charge in [-0.15, -0.1) is 0 Å². The Balaban J connectivity index is 3.29. The molecule has 1 nitrogen and oxygen atoms in total. The zero-order valence-electron chi connectivity index (χ0n) is 7.32.